The number of nitrogens with zero attached hydrogens (tertiary/aromatic N) is 1. The average molecular weight is 372 g/mol. The number of fused-ring (bicyclic) bond motifs is 2. The second kappa shape index (κ2) is 6.53. The van der Waals surface area contributed by atoms with E-state index in [4.69, 9.17) is 5.73 Å². The molecule has 0 bridgehead atoms. The Bertz CT molecular complexity index is 1100. The van der Waals surface area contributed by atoms with Crippen molar-refractivity contribution in [1.29, 1.82) is 0 Å². The molecule has 142 valence electrons. The molecule has 0 spiro atoms. The number of amides is 1. The van der Waals surface area contributed by atoms with Crippen molar-refractivity contribution in [2.75, 3.05) is 25.9 Å². The minimum atomic E-state index is -0.0749. The van der Waals surface area contributed by atoms with Crippen LogP contribution in [0.1, 0.15) is 21.5 Å². The van der Waals surface area contributed by atoms with Gasteiger partial charge in [0.05, 0.1) is 0 Å². The van der Waals surface area contributed by atoms with E-state index in [0.717, 1.165) is 13.0 Å². The third-order valence-corrected chi connectivity index (χ3v) is 6.01. The Balaban J connectivity index is 1.40. The number of aromatic amines is 1. The van der Waals surface area contributed by atoms with Crippen molar-refractivity contribution in [3.63, 3.8) is 0 Å². The summed E-state index contributed by atoms with van der Waals surface area (Å²) in [5, 5.41) is 4.43. The van der Waals surface area contributed by atoms with Gasteiger partial charge in [-0.3, -0.25) is 9.69 Å². The summed E-state index contributed by atoms with van der Waals surface area (Å²) in [6, 6.07) is 14.0. The van der Waals surface area contributed by atoms with Crippen molar-refractivity contribution in [3.8, 4) is 0 Å². The lowest BCUT2D eigenvalue weighted by Crippen LogP contribution is -2.45. The number of likely N-dealkylation sites (N-methyl/N-ethyl adjacent to an activating group) is 1. The van der Waals surface area contributed by atoms with Gasteiger partial charge in [-0.05, 0) is 54.4 Å². The molecule has 1 aromatic heterocycles. The number of aromatic nitrogens is 1. The molecular weight excluding hydrogens is 348 g/mol. The van der Waals surface area contributed by atoms with Crippen molar-refractivity contribution >= 4 is 28.1 Å². The normalized spacial score (nSPS) is 21.2. The van der Waals surface area contributed by atoms with Crippen LogP contribution in [0.25, 0.3) is 16.5 Å². The van der Waals surface area contributed by atoms with E-state index in [1.165, 1.54) is 27.6 Å². The molecule has 0 saturated heterocycles. The van der Waals surface area contributed by atoms with E-state index in [-0.39, 0.29) is 11.8 Å². The fourth-order valence-electron chi connectivity index (χ4n) is 4.68. The molecule has 5 nitrogen and oxygen atoms in total. The van der Waals surface area contributed by atoms with E-state index < -0.39 is 0 Å². The lowest BCUT2D eigenvalue weighted by atomic mass is 9.80. The molecule has 2 atom stereocenters. The third kappa shape index (κ3) is 2.79. The number of H-pyrrole nitrogens is 1. The molecule has 1 amide bonds. The molecule has 0 fully saturated rings. The topological polar surface area (TPSA) is 74.2 Å². The maximum absolute atomic E-state index is 12.5. The standard InChI is InChI=1S/C23H24N4O/c1-27-13-14(11-26-23(28)15-4-2-5-17(24)9-15)8-19-18-6-3-7-20-22(18)16(12-25-20)10-21(19)27/h2-9,12,14,21,25H,10-11,13,24H2,1H3,(H,26,28)/t14-,21+/m0/s1. The smallest absolute Gasteiger partial charge is 0.251 e. The van der Waals surface area contributed by atoms with E-state index >= 15 is 0 Å². The van der Waals surface area contributed by atoms with Crippen LogP contribution in [0, 0.1) is 5.92 Å². The van der Waals surface area contributed by atoms with E-state index in [0.29, 0.717) is 23.8 Å². The van der Waals surface area contributed by atoms with Crippen LogP contribution < -0.4 is 11.1 Å². The molecule has 3 aromatic rings. The van der Waals surface area contributed by atoms with Gasteiger partial charge in [-0.2, -0.15) is 0 Å². The van der Waals surface area contributed by atoms with Gasteiger partial charge < -0.3 is 16.0 Å². The first-order valence-electron chi connectivity index (χ1n) is 9.75. The van der Waals surface area contributed by atoms with Crippen molar-refractivity contribution < 1.29 is 4.79 Å². The predicted molar refractivity (Wildman–Crippen MR) is 113 cm³/mol. The quantitative estimate of drug-likeness (QED) is 0.619. The number of carbonyl (C=O) groups excluding carboxylic acids is 1. The molecule has 0 radical (unpaired) electrons. The predicted octanol–water partition coefficient (Wildman–Crippen LogP) is 3.05. The fourth-order valence-corrected chi connectivity index (χ4v) is 4.68. The molecule has 5 heteroatoms. The van der Waals surface area contributed by atoms with Gasteiger partial charge in [-0.1, -0.05) is 24.3 Å². The highest BCUT2D eigenvalue weighted by Crippen LogP contribution is 2.40. The maximum atomic E-state index is 12.5. The van der Waals surface area contributed by atoms with Crippen LogP contribution >= 0.6 is 0 Å². The van der Waals surface area contributed by atoms with Crippen LogP contribution in [0.15, 0.2) is 54.7 Å². The maximum Gasteiger partial charge on any atom is 0.251 e. The summed E-state index contributed by atoms with van der Waals surface area (Å²) in [6.45, 7) is 1.55. The van der Waals surface area contributed by atoms with Crippen LogP contribution in [-0.2, 0) is 6.42 Å². The highest BCUT2D eigenvalue weighted by atomic mass is 16.1. The zero-order valence-electron chi connectivity index (χ0n) is 15.9. The number of hydrogen-bond acceptors (Lipinski definition) is 3. The average Bonchev–Trinajstić information content (AvgIpc) is 3.11. The Morgan fingerprint density at radius 3 is 3.00 bits per heavy atom. The molecule has 4 N–H and O–H groups in total. The Morgan fingerprint density at radius 1 is 1.29 bits per heavy atom. The summed E-state index contributed by atoms with van der Waals surface area (Å²) in [5.74, 6) is 0.200. The summed E-state index contributed by atoms with van der Waals surface area (Å²) in [6.07, 6.45) is 5.55. The highest BCUT2D eigenvalue weighted by molar-refractivity contribution is 5.98. The largest absolute Gasteiger partial charge is 0.399 e. The Labute approximate surface area is 164 Å². The molecule has 1 aliphatic carbocycles. The van der Waals surface area contributed by atoms with Crippen molar-refractivity contribution in [1.82, 2.24) is 15.2 Å². The van der Waals surface area contributed by atoms with E-state index in [1.54, 1.807) is 18.2 Å². The molecule has 0 saturated carbocycles. The van der Waals surface area contributed by atoms with Gasteiger partial charge in [0.15, 0.2) is 0 Å². The fraction of sp³-hybridized carbons (Fsp3) is 0.261. The second-order valence-electron chi connectivity index (χ2n) is 7.92. The minimum Gasteiger partial charge on any atom is -0.399 e. The molecule has 2 heterocycles. The van der Waals surface area contributed by atoms with Crippen molar-refractivity contribution in [2.45, 2.75) is 12.5 Å². The summed E-state index contributed by atoms with van der Waals surface area (Å²) in [5.41, 5.74) is 12.3. The SMILES string of the molecule is CN1C[C@H](CNC(=O)c2cccc(N)c2)C=C2c3cccc4[nH]cc(c34)C[C@H]21. The molecule has 5 rings (SSSR count). The summed E-state index contributed by atoms with van der Waals surface area (Å²) < 4.78 is 0. The van der Waals surface area contributed by atoms with Crippen LogP contribution in [0.2, 0.25) is 0 Å². The summed E-state index contributed by atoms with van der Waals surface area (Å²) in [7, 11) is 2.18. The van der Waals surface area contributed by atoms with Crippen LogP contribution in [-0.4, -0.2) is 42.0 Å². The van der Waals surface area contributed by atoms with Gasteiger partial charge in [0, 0.05) is 53.4 Å². The first-order chi connectivity index (χ1) is 13.6. The second-order valence-corrected chi connectivity index (χ2v) is 7.92. The van der Waals surface area contributed by atoms with E-state index in [9.17, 15) is 4.79 Å². The number of nitrogens with one attached hydrogen (secondary N) is 2. The van der Waals surface area contributed by atoms with Gasteiger partial charge in [0.2, 0.25) is 0 Å². The number of carbonyl (C=O) groups is 1. The first-order valence-corrected chi connectivity index (χ1v) is 9.75. The van der Waals surface area contributed by atoms with Gasteiger partial charge in [-0.25, -0.2) is 0 Å². The Morgan fingerprint density at radius 2 is 2.14 bits per heavy atom. The zero-order valence-corrected chi connectivity index (χ0v) is 15.9. The van der Waals surface area contributed by atoms with Gasteiger partial charge >= 0.3 is 0 Å². The van der Waals surface area contributed by atoms with Crippen molar-refractivity contribution in [2.24, 2.45) is 5.92 Å². The lowest BCUT2D eigenvalue weighted by molar-refractivity contribution is 0.0945. The molecule has 28 heavy (non-hydrogen) atoms. The molecule has 0 unspecified atom stereocenters. The van der Waals surface area contributed by atoms with E-state index in [2.05, 4.69) is 52.7 Å². The number of anilines is 1. The summed E-state index contributed by atoms with van der Waals surface area (Å²) >= 11 is 0. The Hall–Kier alpha value is -3.05. The van der Waals surface area contributed by atoms with Crippen molar-refractivity contribution in [3.05, 3.63) is 71.4 Å². The Kier molecular flexibility index (Phi) is 3.98. The lowest BCUT2D eigenvalue weighted by Gasteiger charge is -2.40. The molecule has 2 aliphatic rings. The van der Waals surface area contributed by atoms with Gasteiger partial charge in [-0.15, -0.1) is 0 Å². The van der Waals surface area contributed by atoms with Gasteiger partial charge in [0.1, 0.15) is 0 Å². The number of nitrogen functional groups attached to an aromatic ring is 1. The van der Waals surface area contributed by atoms with Crippen LogP contribution in [0.3, 0.4) is 0 Å². The summed E-state index contributed by atoms with van der Waals surface area (Å²) in [4.78, 5) is 18.3. The number of rotatable bonds is 3. The number of nitrogens with two attached hydrogens (primary N) is 1. The zero-order chi connectivity index (χ0) is 19.3. The van der Waals surface area contributed by atoms with Crippen LogP contribution in [0.4, 0.5) is 5.69 Å². The molecular formula is C23H24N4O. The van der Waals surface area contributed by atoms with Gasteiger partial charge in [0.25, 0.3) is 5.91 Å². The monoisotopic (exact) mass is 372 g/mol. The van der Waals surface area contributed by atoms with E-state index in [1.807, 2.05) is 6.07 Å². The van der Waals surface area contributed by atoms with Crippen LogP contribution in [0.5, 0.6) is 0 Å². The molecule has 1 aliphatic heterocycles. The third-order valence-electron chi connectivity index (χ3n) is 6.01. The minimum absolute atomic E-state index is 0.0749. The molecule has 2 aromatic carbocycles. The number of hydrogen-bond donors (Lipinski definition) is 3. The first kappa shape index (κ1) is 17.1. The number of benzene rings is 2. The highest BCUT2D eigenvalue weighted by Gasteiger charge is 2.33.